The van der Waals surface area contributed by atoms with E-state index in [9.17, 15) is 4.79 Å². The van der Waals surface area contributed by atoms with Gasteiger partial charge in [-0.25, -0.2) is 0 Å². The highest BCUT2D eigenvalue weighted by atomic mass is 16.1. The zero-order chi connectivity index (χ0) is 10.8. The first-order valence-corrected chi connectivity index (χ1v) is 4.87. The zero-order valence-corrected chi connectivity index (χ0v) is 9.00. The number of nitrogens with two attached hydrogens (primary N) is 1. The molecule has 0 aromatic heterocycles. The second-order valence-electron chi connectivity index (χ2n) is 4.19. The van der Waals surface area contributed by atoms with Crippen LogP contribution in [0.3, 0.4) is 0 Å². The molecule has 0 saturated heterocycles. The summed E-state index contributed by atoms with van der Waals surface area (Å²) in [5.41, 5.74) is 6.68. The van der Waals surface area contributed by atoms with Gasteiger partial charge in [-0.1, -0.05) is 32.9 Å². The van der Waals surface area contributed by atoms with Crippen LogP contribution in [0.15, 0.2) is 24.3 Å². The summed E-state index contributed by atoms with van der Waals surface area (Å²) in [5, 5.41) is 0. The lowest BCUT2D eigenvalue weighted by Gasteiger charge is -2.20. The molecule has 2 heteroatoms. The summed E-state index contributed by atoms with van der Waals surface area (Å²) >= 11 is 0. The van der Waals surface area contributed by atoms with Gasteiger partial charge in [-0.3, -0.25) is 4.79 Å². The van der Waals surface area contributed by atoms with Crippen molar-refractivity contribution in [1.29, 1.82) is 0 Å². The van der Waals surface area contributed by atoms with Crippen LogP contribution in [0.5, 0.6) is 0 Å². The van der Waals surface area contributed by atoms with Crippen molar-refractivity contribution in [1.82, 2.24) is 0 Å². The van der Waals surface area contributed by atoms with Crippen LogP contribution in [0.2, 0.25) is 0 Å². The number of hydrogen-bond donors (Lipinski definition) is 1. The fourth-order valence-electron chi connectivity index (χ4n) is 1.23. The van der Waals surface area contributed by atoms with Crippen LogP contribution >= 0.6 is 0 Å². The average Bonchev–Trinajstić information content (AvgIpc) is 2.16. The van der Waals surface area contributed by atoms with E-state index in [1.54, 1.807) is 12.1 Å². The van der Waals surface area contributed by atoms with E-state index in [0.717, 1.165) is 6.42 Å². The molecule has 76 valence electrons. The lowest BCUT2D eigenvalue weighted by Crippen LogP contribution is -2.23. The molecule has 0 saturated carbocycles. The van der Waals surface area contributed by atoms with Gasteiger partial charge in [-0.05, 0) is 18.6 Å². The lowest BCUT2D eigenvalue weighted by molar-refractivity contribution is 0.0833. The Balaban J connectivity index is 3.01. The Bertz CT molecular complexity index is 342. The van der Waals surface area contributed by atoms with E-state index in [2.05, 4.69) is 0 Å². The maximum atomic E-state index is 12.0. The fraction of sp³-hybridized carbons (Fsp3) is 0.417. The smallest absolute Gasteiger partial charge is 0.168 e. The van der Waals surface area contributed by atoms with Gasteiger partial charge < -0.3 is 5.73 Å². The first kappa shape index (κ1) is 10.8. The summed E-state index contributed by atoms with van der Waals surface area (Å²) < 4.78 is 0. The molecule has 0 bridgehead atoms. The van der Waals surface area contributed by atoms with Gasteiger partial charge in [-0.2, -0.15) is 0 Å². The van der Waals surface area contributed by atoms with E-state index in [0.29, 0.717) is 11.3 Å². The number of carbonyl (C=O) groups is 1. The maximum Gasteiger partial charge on any atom is 0.168 e. The normalized spacial score (nSPS) is 11.4. The molecule has 0 spiro atoms. The summed E-state index contributed by atoms with van der Waals surface area (Å²) in [6.45, 7) is 5.93. The first-order valence-electron chi connectivity index (χ1n) is 4.87. The van der Waals surface area contributed by atoms with Gasteiger partial charge in [0.1, 0.15) is 0 Å². The van der Waals surface area contributed by atoms with E-state index in [1.165, 1.54) is 0 Å². The molecular weight excluding hydrogens is 174 g/mol. The summed E-state index contributed by atoms with van der Waals surface area (Å²) in [4.78, 5) is 12.0. The molecule has 0 fully saturated rings. The number of Topliss-reactive ketones (excluding diaryl/α,β-unsaturated/α-hetero) is 1. The molecule has 0 radical (unpaired) electrons. The van der Waals surface area contributed by atoms with Crippen molar-refractivity contribution in [3.63, 3.8) is 0 Å². The van der Waals surface area contributed by atoms with Crippen LogP contribution in [0.4, 0.5) is 5.69 Å². The zero-order valence-electron chi connectivity index (χ0n) is 9.00. The highest BCUT2D eigenvalue weighted by Crippen LogP contribution is 2.26. The van der Waals surface area contributed by atoms with E-state index >= 15 is 0 Å². The molecule has 14 heavy (non-hydrogen) atoms. The second kappa shape index (κ2) is 3.82. The largest absolute Gasteiger partial charge is 0.399 e. The van der Waals surface area contributed by atoms with Crippen molar-refractivity contribution in [3.8, 4) is 0 Å². The molecule has 0 unspecified atom stereocenters. The van der Waals surface area contributed by atoms with E-state index in [-0.39, 0.29) is 11.2 Å². The Morgan fingerprint density at radius 2 is 2.07 bits per heavy atom. The molecule has 0 aliphatic heterocycles. The van der Waals surface area contributed by atoms with Crippen LogP contribution < -0.4 is 5.73 Å². The Kier molecular flexibility index (Phi) is 2.94. The van der Waals surface area contributed by atoms with Crippen LogP contribution in [0, 0.1) is 5.41 Å². The topological polar surface area (TPSA) is 43.1 Å². The molecule has 0 aliphatic rings. The molecule has 0 heterocycles. The van der Waals surface area contributed by atoms with Gasteiger partial charge in [0.25, 0.3) is 0 Å². The number of benzene rings is 1. The number of nitrogen functional groups attached to an aromatic ring is 1. The van der Waals surface area contributed by atoms with Crippen LogP contribution in [0.25, 0.3) is 0 Å². The van der Waals surface area contributed by atoms with Gasteiger partial charge in [0, 0.05) is 16.7 Å². The van der Waals surface area contributed by atoms with Gasteiger partial charge in [0.15, 0.2) is 5.78 Å². The summed E-state index contributed by atoms with van der Waals surface area (Å²) in [5.74, 6) is 0.160. The van der Waals surface area contributed by atoms with Crippen molar-refractivity contribution < 1.29 is 4.79 Å². The highest BCUT2D eigenvalue weighted by Gasteiger charge is 2.26. The molecule has 2 N–H and O–H groups in total. The third-order valence-electron chi connectivity index (χ3n) is 2.65. The van der Waals surface area contributed by atoms with E-state index < -0.39 is 0 Å². The minimum absolute atomic E-state index is 0.160. The van der Waals surface area contributed by atoms with Crippen LogP contribution in [-0.2, 0) is 0 Å². The number of ketones is 1. The number of carbonyl (C=O) groups excluding carboxylic acids is 1. The minimum atomic E-state index is -0.298. The third kappa shape index (κ3) is 2.13. The van der Waals surface area contributed by atoms with Crippen molar-refractivity contribution >= 4 is 11.5 Å². The highest BCUT2D eigenvalue weighted by molar-refractivity contribution is 6.00. The van der Waals surface area contributed by atoms with Gasteiger partial charge in [0.05, 0.1) is 0 Å². The summed E-state index contributed by atoms with van der Waals surface area (Å²) in [6.07, 6.45) is 0.834. The lowest BCUT2D eigenvalue weighted by atomic mass is 9.82. The average molecular weight is 191 g/mol. The fourth-order valence-corrected chi connectivity index (χ4v) is 1.23. The summed E-state index contributed by atoms with van der Waals surface area (Å²) in [6, 6.07) is 7.15. The number of rotatable bonds is 3. The van der Waals surface area contributed by atoms with Crippen molar-refractivity contribution in [2.75, 3.05) is 5.73 Å². The third-order valence-corrected chi connectivity index (χ3v) is 2.65. The Labute approximate surface area is 85.1 Å². The van der Waals surface area contributed by atoms with E-state index in [4.69, 9.17) is 5.73 Å². The molecule has 0 amide bonds. The van der Waals surface area contributed by atoms with Gasteiger partial charge >= 0.3 is 0 Å². The van der Waals surface area contributed by atoms with Crippen LogP contribution in [0.1, 0.15) is 37.6 Å². The maximum absolute atomic E-state index is 12.0. The molecule has 2 nitrogen and oxygen atoms in total. The van der Waals surface area contributed by atoms with Crippen LogP contribution in [-0.4, -0.2) is 5.78 Å². The monoisotopic (exact) mass is 191 g/mol. The Morgan fingerprint density at radius 3 is 2.57 bits per heavy atom. The SMILES string of the molecule is CCC(C)(C)C(=O)c1cccc(N)c1. The predicted octanol–water partition coefficient (Wildman–Crippen LogP) is 2.89. The predicted molar refractivity (Wildman–Crippen MR) is 59.3 cm³/mol. The standard InChI is InChI=1S/C12H17NO/c1-4-12(2,3)11(14)9-6-5-7-10(13)8-9/h5-8H,4,13H2,1-3H3. The van der Waals surface area contributed by atoms with Gasteiger partial charge in [-0.15, -0.1) is 0 Å². The second-order valence-corrected chi connectivity index (χ2v) is 4.19. The first-order chi connectivity index (χ1) is 6.47. The Morgan fingerprint density at radius 1 is 1.43 bits per heavy atom. The van der Waals surface area contributed by atoms with Crippen molar-refractivity contribution in [2.45, 2.75) is 27.2 Å². The molecule has 1 rings (SSSR count). The quantitative estimate of drug-likeness (QED) is 0.589. The Hall–Kier alpha value is -1.31. The van der Waals surface area contributed by atoms with Crippen molar-refractivity contribution in [3.05, 3.63) is 29.8 Å². The molecule has 1 aromatic carbocycles. The van der Waals surface area contributed by atoms with E-state index in [1.807, 2.05) is 32.9 Å². The van der Waals surface area contributed by atoms with Crippen molar-refractivity contribution in [2.24, 2.45) is 5.41 Å². The minimum Gasteiger partial charge on any atom is -0.399 e. The molecule has 0 atom stereocenters. The molecule has 1 aromatic rings. The molecule has 0 aliphatic carbocycles. The number of hydrogen-bond acceptors (Lipinski definition) is 2. The molecular formula is C12H17NO. The summed E-state index contributed by atoms with van der Waals surface area (Å²) in [7, 11) is 0. The van der Waals surface area contributed by atoms with Gasteiger partial charge in [0.2, 0.25) is 0 Å². The number of anilines is 1.